The minimum atomic E-state index is -0.233. The summed E-state index contributed by atoms with van der Waals surface area (Å²) in [7, 11) is 1.70. The standard InChI is InChI=1S/C13H12ClN3O/c1-17(11-5-3-2-4-6-11)13(18)16-10-7-8-15-12(14)9-10/h2-9H,1H3,(H,15,16,18). The van der Waals surface area contributed by atoms with Gasteiger partial charge < -0.3 is 5.32 Å². The van der Waals surface area contributed by atoms with Gasteiger partial charge in [-0.15, -0.1) is 0 Å². The Balaban J connectivity index is 2.09. The van der Waals surface area contributed by atoms with Crippen molar-refractivity contribution in [2.45, 2.75) is 0 Å². The molecule has 0 radical (unpaired) electrons. The highest BCUT2D eigenvalue weighted by atomic mass is 35.5. The molecule has 5 heteroatoms. The first-order valence-corrected chi connectivity index (χ1v) is 5.76. The van der Waals surface area contributed by atoms with Crippen molar-refractivity contribution in [3.63, 3.8) is 0 Å². The lowest BCUT2D eigenvalue weighted by atomic mass is 10.3. The zero-order valence-electron chi connectivity index (χ0n) is 9.80. The predicted octanol–water partition coefficient (Wildman–Crippen LogP) is 3.40. The molecule has 18 heavy (non-hydrogen) atoms. The summed E-state index contributed by atoms with van der Waals surface area (Å²) in [6, 6.07) is 12.4. The first-order chi connectivity index (χ1) is 8.66. The van der Waals surface area contributed by atoms with Gasteiger partial charge >= 0.3 is 6.03 Å². The molecule has 0 bridgehead atoms. The maximum Gasteiger partial charge on any atom is 0.326 e. The van der Waals surface area contributed by atoms with Gasteiger partial charge in [-0.2, -0.15) is 0 Å². The van der Waals surface area contributed by atoms with Crippen LogP contribution in [-0.4, -0.2) is 18.1 Å². The number of hydrogen-bond acceptors (Lipinski definition) is 2. The Morgan fingerprint density at radius 3 is 2.67 bits per heavy atom. The molecule has 2 rings (SSSR count). The van der Waals surface area contributed by atoms with E-state index >= 15 is 0 Å². The number of hydrogen-bond donors (Lipinski definition) is 1. The number of rotatable bonds is 2. The van der Waals surface area contributed by atoms with E-state index in [4.69, 9.17) is 11.6 Å². The molecule has 0 aliphatic carbocycles. The van der Waals surface area contributed by atoms with Crippen LogP contribution in [0.1, 0.15) is 0 Å². The van der Waals surface area contributed by atoms with Gasteiger partial charge in [-0.1, -0.05) is 29.8 Å². The van der Waals surface area contributed by atoms with Crippen molar-refractivity contribution in [3.05, 3.63) is 53.8 Å². The van der Waals surface area contributed by atoms with Crippen LogP contribution in [0.15, 0.2) is 48.7 Å². The van der Waals surface area contributed by atoms with Crippen molar-refractivity contribution in [2.24, 2.45) is 0 Å². The monoisotopic (exact) mass is 261 g/mol. The normalized spacial score (nSPS) is 9.89. The van der Waals surface area contributed by atoms with Gasteiger partial charge in [0.05, 0.1) is 0 Å². The zero-order valence-corrected chi connectivity index (χ0v) is 10.6. The Morgan fingerprint density at radius 1 is 1.28 bits per heavy atom. The molecule has 2 aromatic rings. The van der Waals surface area contributed by atoms with Crippen molar-refractivity contribution in [3.8, 4) is 0 Å². The number of urea groups is 1. The van der Waals surface area contributed by atoms with E-state index < -0.39 is 0 Å². The van der Waals surface area contributed by atoms with Crippen LogP contribution in [-0.2, 0) is 0 Å². The predicted molar refractivity (Wildman–Crippen MR) is 73.1 cm³/mol. The van der Waals surface area contributed by atoms with E-state index in [0.717, 1.165) is 5.69 Å². The number of aromatic nitrogens is 1. The molecular formula is C13H12ClN3O. The highest BCUT2D eigenvalue weighted by molar-refractivity contribution is 6.29. The van der Waals surface area contributed by atoms with Crippen LogP contribution >= 0.6 is 11.6 Å². The topological polar surface area (TPSA) is 45.2 Å². The van der Waals surface area contributed by atoms with Crippen LogP contribution in [0.3, 0.4) is 0 Å². The van der Waals surface area contributed by atoms with Gasteiger partial charge in [0.2, 0.25) is 0 Å². The quantitative estimate of drug-likeness (QED) is 0.842. The molecule has 0 unspecified atom stereocenters. The Hall–Kier alpha value is -2.07. The molecule has 1 aromatic heterocycles. The summed E-state index contributed by atoms with van der Waals surface area (Å²) in [6.07, 6.45) is 1.54. The molecular weight excluding hydrogens is 250 g/mol. The summed E-state index contributed by atoms with van der Waals surface area (Å²) in [5.74, 6) is 0. The number of benzene rings is 1. The second kappa shape index (κ2) is 5.51. The van der Waals surface area contributed by atoms with E-state index in [1.54, 1.807) is 25.4 Å². The van der Waals surface area contributed by atoms with Crippen molar-refractivity contribution in [1.29, 1.82) is 0 Å². The molecule has 4 nitrogen and oxygen atoms in total. The van der Waals surface area contributed by atoms with Crippen molar-refractivity contribution in [1.82, 2.24) is 4.98 Å². The smallest absolute Gasteiger partial charge is 0.307 e. The number of para-hydroxylation sites is 1. The third-order valence-electron chi connectivity index (χ3n) is 2.43. The van der Waals surface area contributed by atoms with Crippen LogP contribution in [0.5, 0.6) is 0 Å². The van der Waals surface area contributed by atoms with E-state index in [1.165, 1.54) is 4.90 Å². The van der Waals surface area contributed by atoms with Gasteiger partial charge in [-0.05, 0) is 24.3 Å². The van der Waals surface area contributed by atoms with Crippen LogP contribution in [0.2, 0.25) is 5.15 Å². The van der Waals surface area contributed by atoms with E-state index in [0.29, 0.717) is 10.8 Å². The molecule has 0 saturated carbocycles. The van der Waals surface area contributed by atoms with Crippen molar-refractivity contribution < 1.29 is 4.79 Å². The van der Waals surface area contributed by atoms with Crippen LogP contribution in [0.25, 0.3) is 0 Å². The summed E-state index contributed by atoms with van der Waals surface area (Å²) < 4.78 is 0. The molecule has 0 aliphatic heterocycles. The third-order valence-corrected chi connectivity index (χ3v) is 2.63. The average molecular weight is 262 g/mol. The number of carbonyl (C=O) groups is 1. The maximum atomic E-state index is 12.0. The molecule has 1 heterocycles. The summed E-state index contributed by atoms with van der Waals surface area (Å²) in [6.45, 7) is 0. The lowest BCUT2D eigenvalue weighted by molar-refractivity contribution is 0.258. The van der Waals surface area contributed by atoms with Gasteiger partial charge in [0, 0.05) is 24.6 Å². The van der Waals surface area contributed by atoms with Crippen LogP contribution in [0, 0.1) is 0 Å². The number of amides is 2. The number of nitrogens with zero attached hydrogens (tertiary/aromatic N) is 2. The second-order valence-corrected chi connectivity index (χ2v) is 4.08. The Kier molecular flexibility index (Phi) is 3.79. The summed E-state index contributed by atoms with van der Waals surface area (Å²) >= 11 is 5.75. The molecule has 0 atom stereocenters. The first-order valence-electron chi connectivity index (χ1n) is 5.38. The fourth-order valence-electron chi connectivity index (χ4n) is 1.46. The summed E-state index contributed by atoms with van der Waals surface area (Å²) in [4.78, 5) is 17.3. The minimum absolute atomic E-state index is 0.233. The fraction of sp³-hybridized carbons (Fsp3) is 0.0769. The SMILES string of the molecule is CN(C(=O)Nc1ccnc(Cl)c1)c1ccccc1. The number of pyridine rings is 1. The number of nitrogens with one attached hydrogen (secondary N) is 1. The van der Waals surface area contributed by atoms with E-state index in [1.807, 2.05) is 30.3 Å². The Morgan fingerprint density at radius 2 is 2.00 bits per heavy atom. The Labute approximate surface area is 110 Å². The molecule has 2 amide bonds. The largest absolute Gasteiger partial charge is 0.326 e. The number of halogens is 1. The lowest BCUT2D eigenvalue weighted by Crippen LogP contribution is -2.31. The maximum absolute atomic E-state index is 12.0. The molecule has 1 N–H and O–H groups in total. The summed E-state index contributed by atoms with van der Waals surface area (Å²) in [5, 5.41) is 3.09. The Bertz CT molecular complexity index is 545. The molecule has 0 fully saturated rings. The second-order valence-electron chi connectivity index (χ2n) is 3.69. The molecule has 0 aliphatic rings. The van der Waals surface area contributed by atoms with Gasteiger partial charge in [0.1, 0.15) is 5.15 Å². The third kappa shape index (κ3) is 2.99. The summed E-state index contributed by atoms with van der Waals surface area (Å²) in [5.41, 5.74) is 1.43. The highest BCUT2D eigenvalue weighted by Crippen LogP contribution is 2.15. The minimum Gasteiger partial charge on any atom is -0.307 e. The molecule has 92 valence electrons. The average Bonchev–Trinajstić information content (AvgIpc) is 2.39. The van der Waals surface area contributed by atoms with Crippen molar-refractivity contribution in [2.75, 3.05) is 17.3 Å². The highest BCUT2D eigenvalue weighted by Gasteiger charge is 2.10. The van der Waals surface area contributed by atoms with Crippen molar-refractivity contribution >= 4 is 29.0 Å². The number of carbonyl (C=O) groups excluding carboxylic acids is 1. The van der Waals surface area contributed by atoms with E-state index in [9.17, 15) is 4.79 Å². The van der Waals surface area contributed by atoms with Gasteiger partial charge in [0.25, 0.3) is 0 Å². The number of anilines is 2. The lowest BCUT2D eigenvalue weighted by Gasteiger charge is -2.17. The van der Waals surface area contributed by atoms with Crippen LogP contribution in [0.4, 0.5) is 16.2 Å². The molecule has 0 spiro atoms. The first kappa shape index (κ1) is 12.4. The van der Waals surface area contributed by atoms with E-state index in [-0.39, 0.29) is 6.03 Å². The fourth-order valence-corrected chi connectivity index (χ4v) is 1.63. The zero-order chi connectivity index (χ0) is 13.0. The van der Waals surface area contributed by atoms with Gasteiger partial charge in [-0.25, -0.2) is 9.78 Å². The van der Waals surface area contributed by atoms with Gasteiger partial charge in [0.15, 0.2) is 0 Å². The molecule has 0 saturated heterocycles. The van der Waals surface area contributed by atoms with E-state index in [2.05, 4.69) is 10.3 Å². The van der Waals surface area contributed by atoms with Crippen LogP contribution < -0.4 is 10.2 Å². The molecule has 1 aromatic carbocycles. The van der Waals surface area contributed by atoms with Gasteiger partial charge in [-0.3, -0.25) is 4.90 Å².